The largest absolute Gasteiger partial charge is 0.438 e. The van der Waals surface area contributed by atoms with Crippen LogP contribution in [-0.4, -0.2) is 14.3 Å². The summed E-state index contributed by atoms with van der Waals surface area (Å²) in [5.74, 6) is -1.95. The van der Waals surface area contributed by atoms with Crippen molar-refractivity contribution < 1.29 is 44.0 Å². The Kier molecular flexibility index (Phi) is 4.81. The maximum Gasteiger partial charge on any atom is 0.416 e. The van der Waals surface area contributed by atoms with Crippen LogP contribution in [0.4, 0.5) is 32.0 Å². The minimum absolute atomic E-state index is 0.109. The number of hydrogen-bond donors (Lipinski definition) is 2. The number of anilines is 1. The Morgan fingerprint density at radius 1 is 0.962 bits per heavy atom. The van der Waals surface area contributed by atoms with E-state index in [4.69, 9.17) is 5.14 Å². The molecule has 3 N–H and O–H groups in total. The molecule has 0 bridgehead atoms. The fourth-order valence-electron chi connectivity index (χ4n) is 1.81. The Balaban J connectivity index is 2.39. The minimum atomic E-state index is -5.09. The van der Waals surface area contributed by atoms with Gasteiger partial charge >= 0.3 is 12.4 Å². The number of alkyl halides is 6. The fourth-order valence-corrected chi connectivity index (χ4v) is 2.28. The zero-order valence-corrected chi connectivity index (χ0v) is 13.1. The summed E-state index contributed by atoms with van der Waals surface area (Å²) >= 11 is 0. The fraction of sp³-hybridized carbons (Fsp3) is 0.154. The van der Waals surface area contributed by atoms with Crippen LogP contribution in [0.1, 0.15) is 21.7 Å². The zero-order valence-electron chi connectivity index (χ0n) is 12.3. The molecule has 142 valence electrons. The summed E-state index contributed by atoms with van der Waals surface area (Å²) in [6.45, 7) is 0. The summed E-state index contributed by atoms with van der Waals surface area (Å²) < 4.78 is 103. The van der Waals surface area contributed by atoms with Crippen LogP contribution in [0.5, 0.6) is 0 Å². The predicted molar refractivity (Wildman–Crippen MR) is 74.5 cm³/mol. The van der Waals surface area contributed by atoms with Gasteiger partial charge in [0.05, 0.1) is 11.1 Å². The number of benzene rings is 1. The predicted octanol–water partition coefficient (Wildman–Crippen LogP) is 3.22. The number of amides is 1. The van der Waals surface area contributed by atoms with Crippen LogP contribution in [0.2, 0.25) is 0 Å². The number of primary sulfonamides is 1. The van der Waals surface area contributed by atoms with Gasteiger partial charge in [-0.15, -0.1) is 0 Å². The molecule has 0 aliphatic carbocycles. The first-order valence-corrected chi connectivity index (χ1v) is 7.96. The third-order valence-electron chi connectivity index (χ3n) is 2.93. The van der Waals surface area contributed by atoms with E-state index >= 15 is 0 Å². The van der Waals surface area contributed by atoms with Crippen molar-refractivity contribution in [3.63, 3.8) is 0 Å². The lowest BCUT2D eigenvalue weighted by Crippen LogP contribution is -2.15. The van der Waals surface area contributed by atoms with E-state index in [-0.39, 0.29) is 18.2 Å². The van der Waals surface area contributed by atoms with Gasteiger partial charge < -0.3 is 9.73 Å². The van der Waals surface area contributed by atoms with Crippen LogP contribution in [0.25, 0.3) is 0 Å². The first-order chi connectivity index (χ1) is 11.7. The monoisotopic (exact) mass is 402 g/mol. The van der Waals surface area contributed by atoms with Gasteiger partial charge in [0.25, 0.3) is 15.9 Å². The van der Waals surface area contributed by atoms with Gasteiger partial charge in [0, 0.05) is 5.69 Å². The van der Waals surface area contributed by atoms with Gasteiger partial charge in [-0.25, -0.2) is 13.6 Å². The quantitative estimate of drug-likeness (QED) is 0.770. The second-order valence-corrected chi connectivity index (χ2v) is 6.40. The van der Waals surface area contributed by atoms with Crippen LogP contribution >= 0.6 is 0 Å². The van der Waals surface area contributed by atoms with Crippen molar-refractivity contribution in [2.45, 2.75) is 17.4 Å². The van der Waals surface area contributed by atoms with Gasteiger partial charge in [-0.1, -0.05) is 0 Å². The van der Waals surface area contributed by atoms with E-state index in [2.05, 4.69) is 4.42 Å². The number of halogens is 6. The smallest absolute Gasteiger partial charge is 0.416 e. The van der Waals surface area contributed by atoms with Crippen molar-refractivity contribution in [1.82, 2.24) is 0 Å². The second-order valence-electron chi connectivity index (χ2n) is 4.91. The SMILES string of the molecule is NS(=O)(=O)c1ccc(C(=O)Nc2cc(C(F)(F)F)cc(C(F)(F)F)c2)o1. The first kappa shape index (κ1) is 19.8. The van der Waals surface area contributed by atoms with E-state index in [0.29, 0.717) is 0 Å². The highest BCUT2D eigenvalue weighted by Crippen LogP contribution is 2.37. The minimum Gasteiger partial charge on any atom is -0.438 e. The van der Waals surface area contributed by atoms with Gasteiger partial charge in [0.15, 0.2) is 5.76 Å². The highest BCUT2D eigenvalue weighted by atomic mass is 32.2. The molecule has 1 heterocycles. The van der Waals surface area contributed by atoms with Crippen LogP contribution in [0.15, 0.2) is 39.8 Å². The number of sulfonamides is 1. The lowest BCUT2D eigenvalue weighted by Gasteiger charge is -2.14. The lowest BCUT2D eigenvalue weighted by molar-refractivity contribution is -0.143. The van der Waals surface area contributed by atoms with Gasteiger partial charge in [-0.3, -0.25) is 4.79 Å². The summed E-state index contributed by atoms with van der Waals surface area (Å²) in [7, 11) is -4.28. The Morgan fingerprint density at radius 2 is 1.46 bits per heavy atom. The standard InChI is InChI=1S/C13H8F6N2O4S/c14-12(15,16)6-3-7(13(17,18)19)5-8(4-6)21-11(22)9-1-2-10(25-9)26(20,23)24/h1-5H,(H,21,22)(H2,20,23,24). The summed E-state index contributed by atoms with van der Waals surface area (Å²) in [6.07, 6.45) is -10.2. The van der Waals surface area contributed by atoms with E-state index in [1.54, 1.807) is 5.32 Å². The topological polar surface area (TPSA) is 102 Å². The molecule has 26 heavy (non-hydrogen) atoms. The third-order valence-corrected chi connectivity index (χ3v) is 3.71. The van der Waals surface area contributed by atoms with Crippen molar-refractivity contribution in [1.29, 1.82) is 0 Å². The zero-order chi connectivity index (χ0) is 19.9. The molecule has 0 spiro atoms. The molecule has 1 amide bonds. The van der Waals surface area contributed by atoms with Crippen LogP contribution in [0.3, 0.4) is 0 Å². The van der Waals surface area contributed by atoms with Crippen molar-refractivity contribution in [2.24, 2.45) is 5.14 Å². The molecule has 0 aliphatic heterocycles. The summed E-state index contributed by atoms with van der Waals surface area (Å²) in [4.78, 5) is 11.9. The van der Waals surface area contributed by atoms with Gasteiger partial charge in [-0.2, -0.15) is 26.3 Å². The van der Waals surface area contributed by atoms with E-state index in [9.17, 15) is 39.6 Å². The number of furan rings is 1. The van der Waals surface area contributed by atoms with Crippen molar-refractivity contribution in [2.75, 3.05) is 5.32 Å². The highest BCUT2D eigenvalue weighted by molar-refractivity contribution is 7.89. The Labute approximate surface area is 141 Å². The Morgan fingerprint density at radius 3 is 1.85 bits per heavy atom. The number of carbonyl (C=O) groups excluding carboxylic acids is 1. The maximum absolute atomic E-state index is 12.8. The number of hydrogen-bond acceptors (Lipinski definition) is 4. The molecule has 0 saturated carbocycles. The van der Waals surface area contributed by atoms with E-state index in [1.807, 2.05) is 0 Å². The summed E-state index contributed by atoms with van der Waals surface area (Å²) in [5.41, 5.74) is -4.08. The van der Waals surface area contributed by atoms with E-state index < -0.39 is 55.9 Å². The maximum atomic E-state index is 12.8. The Hall–Kier alpha value is -2.54. The molecular weight excluding hydrogens is 394 g/mol. The molecule has 0 atom stereocenters. The van der Waals surface area contributed by atoms with Gasteiger partial charge in [0.1, 0.15) is 0 Å². The average Bonchev–Trinajstić information content (AvgIpc) is 2.95. The average molecular weight is 402 g/mol. The number of nitrogens with one attached hydrogen (secondary N) is 1. The molecule has 0 fully saturated rings. The molecule has 2 aromatic rings. The molecule has 0 unspecified atom stereocenters. The molecule has 0 radical (unpaired) electrons. The third kappa shape index (κ3) is 4.54. The van der Waals surface area contributed by atoms with Crippen molar-refractivity contribution in [3.8, 4) is 0 Å². The number of rotatable bonds is 3. The van der Waals surface area contributed by atoms with E-state index in [1.165, 1.54) is 0 Å². The van der Waals surface area contributed by atoms with Crippen LogP contribution in [-0.2, 0) is 22.4 Å². The molecule has 13 heteroatoms. The molecule has 0 aliphatic rings. The lowest BCUT2D eigenvalue weighted by atomic mass is 10.1. The molecule has 0 saturated heterocycles. The first-order valence-electron chi connectivity index (χ1n) is 6.41. The number of nitrogens with two attached hydrogens (primary N) is 1. The molecule has 1 aromatic heterocycles. The highest BCUT2D eigenvalue weighted by Gasteiger charge is 2.37. The van der Waals surface area contributed by atoms with Crippen molar-refractivity contribution in [3.05, 3.63) is 47.2 Å². The molecule has 6 nitrogen and oxygen atoms in total. The molecule has 2 rings (SSSR count). The normalized spacial score (nSPS) is 12.9. The van der Waals surface area contributed by atoms with E-state index in [0.717, 1.165) is 12.1 Å². The van der Waals surface area contributed by atoms with Gasteiger partial charge in [-0.05, 0) is 30.3 Å². The second kappa shape index (κ2) is 6.32. The van der Waals surface area contributed by atoms with Crippen molar-refractivity contribution >= 4 is 21.6 Å². The Bertz CT molecular complexity index is 914. The van der Waals surface area contributed by atoms with Crippen LogP contribution in [0, 0.1) is 0 Å². The van der Waals surface area contributed by atoms with Gasteiger partial charge in [0.2, 0.25) is 5.09 Å². The summed E-state index contributed by atoms with van der Waals surface area (Å²) in [6, 6.07) is 2.11. The summed E-state index contributed by atoms with van der Waals surface area (Å²) in [5, 5.41) is 5.73. The molecule has 1 aromatic carbocycles. The molecular formula is C13H8F6N2O4S. The van der Waals surface area contributed by atoms with Crippen LogP contribution < -0.4 is 10.5 Å². The number of carbonyl (C=O) groups is 1.